The van der Waals surface area contributed by atoms with Crippen molar-refractivity contribution in [2.75, 3.05) is 20.3 Å². The number of aliphatic imine (C=N–C) groups is 1. The Hall–Kier alpha value is -4.41. The molecule has 7 heteroatoms. The second-order valence-corrected chi connectivity index (χ2v) is 9.34. The third kappa shape index (κ3) is 5.55. The van der Waals surface area contributed by atoms with Crippen LogP contribution in [0.3, 0.4) is 0 Å². The highest BCUT2D eigenvalue weighted by Crippen LogP contribution is 2.35. The second kappa shape index (κ2) is 11.1. The standard InChI is InChI=1S/C30H25N3O3S/c1-3-18-36-25-12-8-21(9-13-25)19-28-29(34)33(17-16-22-20-31-27-7-5-4-6-26(22)27)30(37-28)32-23-10-14-24(35-2)15-11-23/h1,4-15,19-20,31H,16-18H2,2H3/b28-19+,32-30-. The fraction of sp³-hybridized carbons (Fsp3) is 0.133. The van der Waals surface area contributed by atoms with Gasteiger partial charge < -0.3 is 14.5 Å². The molecule has 3 aromatic carbocycles. The first-order valence-electron chi connectivity index (χ1n) is 11.8. The van der Waals surface area contributed by atoms with E-state index in [4.69, 9.17) is 20.9 Å². The molecule has 0 atom stereocenters. The number of H-pyrrole nitrogens is 1. The van der Waals surface area contributed by atoms with Crippen LogP contribution < -0.4 is 9.47 Å². The van der Waals surface area contributed by atoms with Crippen molar-refractivity contribution < 1.29 is 14.3 Å². The molecule has 0 unspecified atom stereocenters. The normalized spacial score (nSPS) is 15.5. The number of para-hydroxylation sites is 1. The van der Waals surface area contributed by atoms with Gasteiger partial charge >= 0.3 is 0 Å². The van der Waals surface area contributed by atoms with Crippen molar-refractivity contribution >= 4 is 45.5 Å². The molecule has 1 fully saturated rings. The molecule has 1 aliphatic rings. The van der Waals surface area contributed by atoms with E-state index in [9.17, 15) is 4.79 Å². The van der Waals surface area contributed by atoms with Crippen LogP contribution >= 0.6 is 11.8 Å². The predicted octanol–water partition coefficient (Wildman–Crippen LogP) is 6.04. The van der Waals surface area contributed by atoms with E-state index in [1.165, 1.54) is 17.1 Å². The predicted molar refractivity (Wildman–Crippen MR) is 150 cm³/mol. The number of fused-ring (bicyclic) bond motifs is 1. The quantitative estimate of drug-likeness (QED) is 0.233. The molecule has 1 N–H and O–H groups in total. The number of carbonyl (C=O) groups excluding carboxylic acids is 1. The molecule has 1 saturated heterocycles. The maximum atomic E-state index is 13.5. The largest absolute Gasteiger partial charge is 0.497 e. The molecule has 0 aliphatic carbocycles. The molecule has 37 heavy (non-hydrogen) atoms. The van der Waals surface area contributed by atoms with Crippen LogP contribution in [0.5, 0.6) is 11.5 Å². The molecule has 0 bridgehead atoms. The fourth-order valence-corrected chi connectivity index (χ4v) is 5.09. The molecule has 0 spiro atoms. The summed E-state index contributed by atoms with van der Waals surface area (Å²) in [5, 5.41) is 1.81. The van der Waals surface area contributed by atoms with E-state index in [2.05, 4.69) is 23.0 Å². The number of aromatic amines is 1. The smallest absolute Gasteiger partial charge is 0.266 e. The first-order valence-corrected chi connectivity index (χ1v) is 12.6. The van der Waals surface area contributed by atoms with Gasteiger partial charge in [0.25, 0.3) is 5.91 Å². The minimum absolute atomic E-state index is 0.0650. The minimum Gasteiger partial charge on any atom is -0.497 e. The van der Waals surface area contributed by atoms with Gasteiger partial charge in [0.1, 0.15) is 18.1 Å². The number of hydrogen-bond acceptors (Lipinski definition) is 5. The molecule has 4 aromatic rings. The molecular formula is C30H25N3O3S. The number of carbonyl (C=O) groups is 1. The van der Waals surface area contributed by atoms with E-state index in [0.717, 1.165) is 28.1 Å². The topological polar surface area (TPSA) is 66.9 Å². The van der Waals surface area contributed by atoms with Crippen molar-refractivity contribution in [1.82, 2.24) is 9.88 Å². The lowest BCUT2D eigenvalue weighted by Gasteiger charge is -2.15. The Morgan fingerprint density at radius 1 is 1.05 bits per heavy atom. The summed E-state index contributed by atoms with van der Waals surface area (Å²) < 4.78 is 10.7. The molecular weight excluding hydrogens is 482 g/mol. The monoisotopic (exact) mass is 507 g/mol. The van der Waals surface area contributed by atoms with Gasteiger partial charge in [0.05, 0.1) is 17.7 Å². The average molecular weight is 508 g/mol. The number of benzene rings is 3. The van der Waals surface area contributed by atoms with Gasteiger partial charge in [-0.2, -0.15) is 0 Å². The lowest BCUT2D eigenvalue weighted by atomic mass is 10.1. The number of nitrogens with one attached hydrogen (secondary N) is 1. The van der Waals surface area contributed by atoms with Gasteiger partial charge in [0, 0.05) is 23.6 Å². The van der Waals surface area contributed by atoms with Gasteiger partial charge in [-0.1, -0.05) is 36.3 Å². The Kier molecular flexibility index (Phi) is 7.29. The van der Waals surface area contributed by atoms with Crippen molar-refractivity contribution in [2.24, 2.45) is 4.99 Å². The zero-order valence-electron chi connectivity index (χ0n) is 20.3. The van der Waals surface area contributed by atoms with E-state index in [1.807, 2.05) is 72.9 Å². The lowest BCUT2D eigenvalue weighted by Crippen LogP contribution is -2.31. The minimum atomic E-state index is -0.0650. The number of rotatable bonds is 8. The summed E-state index contributed by atoms with van der Waals surface area (Å²) in [5.74, 6) is 3.83. The highest BCUT2D eigenvalue weighted by Gasteiger charge is 2.33. The molecule has 0 saturated carbocycles. The fourth-order valence-electron chi connectivity index (χ4n) is 4.06. The first-order chi connectivity index (χ1) is 18.1. The number of methoxy groups -OCH3 is 1. The highest BCUT2D eigenvalue weighted by molar-refractivity contribution is 8.18. The molecule has 6 nitrogen and oxygen atoms in total. The van der Waals surface area contributed by atoms with Crippen molar-refractivity contribution in [2.45, 2.75) is 6.42 Å². The molecule has 1 aromatic heterocycles. The van der Waals surface area contributed by atoms with Crippen molar-refractivity contribution in [3.05, 3.63) is 95.0 Å². The van der Waals surface area contributed by atoms with Crippen molar-refractivity contribution in [3.63, 3.8) is 0 Å². The third-order valence-electron chi connectivity index (χ3n) is 5.96. The van der Waals surface area contributed by atoms with Crippen LogP contribution in [0.15, 0.2) is 88.9 Å². The van der Waals surface area contributed by atoms with E-state index in [0.29, 0.717) is 28.8 Å². The summed E-state index contributed by atoms with van der Waals surface area (Å²) in [5.41, 5.74) is 3.90. The van der Waals surface area contributed by atoms with Gasteiger partial charge in [0.15, 0.2) is 5.17 Å². The zero-order chi connectivity index (χ0) is 25.6. The Balaban J connectivity index is 1.41. The van der Waals surface area contributed by atoms with Crippen LogP contribution in [0.4, 0.5) is 5.69 Å². The molecule has 2 heterocycles. The number of ether oxygens (including phenoxy) is 2. The molecule has 1 amide bonds. The molecule has 184 valence electrons. The van der Waals surface area contributed by atoms with E-state index >= 15 is 0 Å². The molecule has 5 rings (SSSR count). The maximum absolute atomic E-state index is 13.5. The van der Waals surface area contributed by atoms with Gasteiger partial charge in [0.2, 0.25) is 0 Å². The van der Waals surface area contributed by atoms with Crippen LogP contribution in [0.1, 0.15) is 11.1 Å². The Labute approximate surface area is 220 Å². The second-order valence-electron chi connectivity index (χ2n) is 8.33. The number of terminal acetylenes is 1. The van der Waals surface area contributed by atoms with E-state index in [1.54, 1.807) is 12.0 Å². The Morgan fingerprint density at radius 3 is 2.57 bits per heavy atom. The van der Waals surface area contributed by atoms with Crippen LogP contribution in [-0.2, 0) is 11.2 Å². The van der Waals surface area contributed by atoms with Crippen LogP contribution in [0.25, 0.3) is 17.0 Å². The SMILES string of the molecule is C#CCOc1ccc(/C=C2/S/C(=N\c3ccc(OC)cc3)N(CCc3c[nH]c4ccccc34)C2=O)cc1. The number of nitrogens with zero attached hydrogens (tertiary/aromatic N) is 2. The van der Waals surface area contributed by atoms with Gasteiger partial charge in [-0.05, 0) is 77.9 Å². The van der Waals surface area contributed by atoms with E-state index in [-0.39, 0.29) is 12.5 Å². The molecule has 0 radical (unpaired) electrons. The van der Waals surface area contributed by atoms with E-state index < -0.39 is 0 Å². The summed E-state index contributed by atoms with van der Waals surface area (Å²) >= 11 is 1.38. The van der Waals surface area contributed by atoms with Crippen molar-refractivity contribution in [3.8, 4) is 23.8 Å². The average Bonchev–Trinajstić information content (AvgIpc) is 3.47. The number of amidine groups is 1. The Morgan fingerprint density at radius 2 is 1.81 bits per heavy atom. The highest BCUT2D eigenvalue weighted by atomic mass is 32.2. The number of amides is 1. The maximum Gasteiger partial charge on any atom is 0.266 e. The number of thioether (sulfide) groups is 1. The van der Waals surface area contributed by atoms with Crippen molar-refractivity contribution in [1.29, 1.82) is 0 Å². The summed E-state index contributed by atoms with van der Waals surface area (Å²) in [4.78, 5) is 24.0. The Bertz CT molecular complexity index is 1510. The number of aromatic nitrogens is 1. The van der Waals surface area contributed by atoms with Gasteiger partial charge in [-0.3, -0.25) is 9.69 Å². The summed E-state index contributed by atoms with van der Waals surface area (Å²) in [6, 6.07) is 23.1. The summed E-state index contributed by atoms with van der Waals surface area (Å²) in [6.45, 7) is 0.726. The van der Waals surface area contributed by atoms with Gasteiger partial charge in [-0.25, -0.2) is 4.99 Å². The van der Waals surface area contributed by atoms with Crippen LogP contribution in [0.2, 0.25) is 0 Å². The lowest BCUT2D eigenvalue weighted by molar-refractivity contribution is -0.122. The summed E-state index contributed by atoms with van der Waals surface area (Å²) in [7, 11) is 1.63. The number of hydrogen-bond donors (Lipinski definition) is 1. The first kappa shape index (κ1) is 24.3. The van der Waals surface area contributed by atoms with Crippen LogP contribution in [-0.4, -0.2) is 41.2 Å². The van der Waals surface area contributed by atoms with Gasteiger partial charge in [-0.15, -0.1) is 6.42 Å². The zero-order valence-corrected chi connectivity index (χ0v) is 21.1. The molecule has 1 aliphatic heterocycles. The summed E-state index contributed by atoms with van der Waals surface area (Å²) in [6.07, 6.45) is 9.86. The van der Waals surface area contributed by atoms with Crippen LogP contribution in [0, 0.1) is 12.3 Å². The third-order valence-corrected chi connectivity index (χ3v) is 6.97.